The first-order chi connectivity index (χ1) is 19.1. The number of aromatic hydroxyl groups is 1. The maximum absolute atomic E-state index is 9.54. The lowest BCUT2D eigenvalue weighted by atomic mass is 10.0. The van der Waals surface area contributed by atoms with Crippen LogP contribution in [-0.4, -0.2) is 75.8 Å². The normalized spacial score (nSPS) is 8.80. The number of alkyl halides is 1. The fraction of sp³-hybridized carbons (Fsp3) is 0.417. The molecule has 0 fully saturated rings. The summed E-state index contributed by atoms with van der Waals surface area (Å²) in [5.74, 6) is 0.743. The van der Waals surface area contributed by atoms with E-state index >= 15 is 0 Å². The average molecular weight is 650 g/mol. The molecule has 0 radical (unpaired) electrons. The van der Waals surface area contributed by atoms with E-state index < -0.39 is 0 Å². The van der Waals surface area contributed by atoms with Crippen molar-refractivity contribution in [3.8, 4) is 39.7 Å². The molecule has 0 spiro atoms. The molecular weight excluding hydrogens is 590 g/mol. The molecule has 0 aliphatic carbocycles. The van der Waals surface area contributed by atoms with E-state index in [9.17, 15) is 5.11 Å². The highest BCUT2D eigenvalue weighted by Gasteiger charge is 2.10. The number of hydrogen-bond donors (Lipinski definition) is 3. The van der Waals surface area contributed by atoms with Crippen LogP contribution in [0.1, 0.15) is 57.9 Å². The summed E-state index contributed by atoms with van der Waals surface area (Å²) in [6.45, 7) is 4.43. The van der Waals surface area contributed by atoms with Crippen LogP contribution in [-0.2, 0) is 9.47 Å². The lowest BCUT2D eigenvalue weighted by Gasteiger charge is -2.09. The molecule has 1 aromatic carbocycles. The Balaban J connectivity index is -0.000000229. The van der Waals surface area contributed by atoms with Crippen LogP contribution < -0.4 is 0 Å². The van der Waals surface area contributed by atoms with Crippen molar-refractivity contribution < 1.29 is 24.8 Å². The molecule has 0 atom stereocenters. The van der Waals surface area contributed by atoms with Gasteiger partial charge in [-0.25, -0.2) is 4.98 Å². The van der Waals surface area contributed by atoms with Gasteiger partial charge in [-0.05, 0) is 66.1 Å². The van der Waals surface area contributed by atoms with E-state index in [2.05, 4.69) is 9.97 Å². The minimum absolute atomic E-state index is 0. The van der Waals surface area contributed by atoms with Crippen molar-refractivity contribution in [1.82, 2.24) is 15.0 Å². The summed E-state index contributed by atoms with van der Waals surface area (Å²) in [5, 5.41) is 25.8. The summed E-state index contributed by atoms with van der Waals surface area (Å²) in [7, 11) is 0. The van der Waals surface area contributed by atoms with Crippen molar-refractivity contribution in [3.05, 3.63) is 85.2 Å². The van der Waals surface area contributed by atoms with E-state index in [0.717, 1.165) is 46.9 Å². The van der Waals surface area contributed by atoms with Crippen molar-refractivity contribution >= 4 is 11.6 Å². The number of aliphatic hydroxyl groups excluding tert-OH is 2. The molecule has 0 aliphatic rings. The van der Waals surface area contributed by atoms with E-state index in [0.29, 0.717) is 25.7 Å². The smallest absolute Gasteiger partial charge is 0.115 e. The fourth-order valence-electron chi connectivity index (χ4n) is 3.17. The number of aliphatic hydroxyl groups is 2. The van der Waals surface area contributed by atoms with Gasteiger partial charge in [0.2, 0.25) is 0 Å². The molecule has 8 nitrogen and oxygen atoms in total. The maximum atomic E-state index is 9.54. The second-order valence-electron chi connectivity index (χ2n) is 7.96. The van der Waals surface area contributed by atoms with Gasteiger partial charge < -0.3 is 24.8 Å². The first-order valence-electron chi connectivity index (χ1n) is 12.7. The van der Waals surface area contributed by atoms with Crippen molar-refractivity contribution in [2.45, 2.75) is 57.9 Å². The van der Waals surface area contributed by atoms with Crippen LogP contribution in [0.3, 0.4) is 0 Å². The van der Waals surface area contributed by atoms with E-state index in [4.69, 9.17) is 36.3 Å². The predicted octanol–water partition coefficient (Wildman–Crippen LogP) is 9.03. The Kier molecular flexibility index (Phi) is 36.4. The molecular formula is C36H60ClN3O5. The summed E-state index contributed by atoms with van der Waals surface area (Å²) >= 11 is 5.23. The molecule has 0 unspecified atom stereocenters. The minimum atomic E-state index is 0. The van der Waals surface area contributed by atoms with Crippen LogP contribution in [0, 0.1) is 0 Å². The maximum Gasteiger partial charge on any atom is 0.115 e. The fourth-order valence-corrected chi connectivity index (χ4v) is 3.28. The highest BCUT2D eigenvalue weighted by molar-refractivity contribution is 6.17. The number of phenols is 1. The van der Waals surface area contributed by atoms with Crippen LogP contribution in [0.25, 0.3) is 33.9 Å². The highest BCUT2D eigenvalue weighted by Crippen LogP contribution is 2.29. The summed E-state index contributed by atoms with van der Waals surface area (Å²) < 4.78 is 9.63. The summed E-state index contributed by atoms with van der Waals surface area (Å²) in [6.07, 6.45) is 4.54. The zero-order valence-corrected chi connectivity index (χ0v) is 22.9. The lowest BCUT2D eigenvalue weighted by molar-refractivity contribution is 0.0928. The van der Waals surface area contributed by atoms with Gasteiger partial charge in [-0.15, -0.1) is 11.6 Å². The third kappa shape index (κ3) is 20.3. The van der Waals surface area contributed by atoms with Crippen LogP contribution in [0.15, 0.2) is 85.2 Å². The van der Waals surface area contributed by atoms with Crippen LogP contribution in [0.2, 0.25) is 0 Å². The first-order valence-corrected chi connectivity index (χ1v) is 13.2. The topological polar surface area (TPSA) is 118 Å². The SMILES string of the molecule is C.C.C.C.C.C.CCCOCCO.OCCOCCCl.Oc1ccc(-c2cc(-c3ccccn3)nc(-c3ccccn3)c2)cc1. The number of nitrogens with zero attached hydrogens (tertiary/aromatic N) is 3. The second kappa shape index (κ2) is 32.0. The summed E-state index contributed by atoms with van der Waals surface area (Å²) in [4.78, 5) is 13.6. The van der Waals surface area contributed by atoms with Gasteiger partial charge in [0.1, 0.15) is 5.75 Å². The number of pyridine rings is 3. The minimum Gasteiger partial charge on any atom is -0.508 e. The summed E-state index contributed by atoms with van der Waals surface area (Å²) in [6, 6.07) is 22.6. The Hall–Kier alpha value is -3.40. The first kappa shape index (κ1) is 51.2. The van der Waals surface area contributed by atoms with Crippen LogP contribution in [0.4, 0.5) is 0 Å². The van der Waals surface area contributed by atoms with Gasteiger partial charge >= 0.3 is 0 Å². The number of rotatable bonds is 11. The molecule has 0 saturated carbocycles. The molecule has 3 N–H and O–H groups in total. The molecule has 3 heterocycles. The molecule has 4 rings (SSSR count). The van der Waals surface area contributed by atoms with Crippen LogP contribution in [0.5, 0.6) is 5.75 Å². The van der Waals surface area contributed by atoms with Crippen LogP contribution >= 0.6 is 11.6 Å². The van der Waals surface area contributed by atoms with E-state index in [1.54, 1.807) is 24.5 Å². The van der Waals surface area contributed by atoms with E-state index in [1.807, 2.05) is 67.6 Å². The molecule has 256 valence electrons. The van der Waals surface area contributed by atoms with E-state index in [1.165, 1.54) is 0 Å². The third-order valence-corrected chi connectivity index (χ3v) is 5.08. The zero-order chi connectivity index (χ0) is 28.1. The molecule has 0 saturated heterocycles. The Morgan fingerprint density at radius 2 is 1.07 bits per heavy atom. The number of phenolic OH excluding ortho intramolecular Hbond substituents is 1. The molecule has 0 bridgehead atoms. The third-order valence-electron chi connectivity index (χ3n) is 4.92. The highest BCUT2D eigenvalue weighted by atomic mass is 35.5. The second-order valence-corrected chi connectivity index (χ2v) is 8.34. The molecule has 4 aromatic rings. The lowest BCUT2D eigenvalue weighted by Crippen LogP contribution is -2.00. The van der Waals surface area contributed by atoms with Crippen molar-refractivity contribution in [2.75, 3.05) is 45.5 Å². The van der Waals surface area contributed by atoms with Crippen molar-refractivity contribution in [3.63, 3.8) is 0 Å². The molecule has 0 amide bonds. The predicted molar refractivity (Wildman–Crippen MR) is 195 cm³/mol. The van der Waals surface area contributed by atoms with Gasteiger partial charge in [0, 0.05) is 24.9 Å². The van der Waals surface area contributed by atoms with Gasteiger partial charge in [0.15, 0.2) is 0 Å². The Labute approximate surface area is 279 Å². The Morgan fingerprint density at radius 3 is 1.44 bits per heavy atom. The molecule has 0 aliphatic heterocycles. The molecule has 9 heteroatoms. The van der Waals surface area contributed by atoms with Gasteiger partial charge in [-0.3, -0.25) is 9.97 Å². The quantitative estimate of drug-likeness (QED) is 0.109. The average Bonchev–Trinajstić information content (AvgIpc) is 2.99. The van der Waals surface area contributed by atoms with Gasteiger partial charge in [0.05, 0.1) is 55.8 Å². The standard InChI is InChI=1S/C21H15N3O.C5H12O2.C4H9ClO2.6CH4/c25-17-9-7-15(8-10-17)16-13-20(18-5-1-3-11-22-18)24-21(14-16)19-6-2-4-12-23-19;1-2-4-7-5-3-6;5-1-3-7-4-2-6;;;;;;/h1-14,25H;6H,2-5H2,1H3;6H,1-4H2;6*1H4. The Morgan fingerprint density at radius 1 is 0.600 bits per heavy atom. The van der Waals surface area contributed by atoms with Gasteiger partial charge in [0.25, 0.3) is 0 Å². The monoisotopic (exact) mass is 649 g/mol. The number of benzene rings is 1. The van der Waals surface area contributed by atoms with Crippen molar-refractivity contribution in [1.29, 1.82) is 0 Å². The van der Waals surface area contributed by atoms with E-state index in [-0.39, 0.29) is 63.5 Å². The number of aromatic nitrogens is 3. The number of hydrogen-bond acceptors (Lipinski definition) is 8. The zero-order valence-electron chi connectivity index (χ0n) is 22.1. The van der Waals surface area contributed by atoms with Gasteiger partial charge in [-0.1, -0.05) is 75.7 Å². The van der Waals surface area contributed by atoms with Crippen molar-refractivity contribution in [2.24, 2.45) is 0 Å². The number of halogens is 1. The summed E-state index contributed by atoms with van der Waals surface area (Å²) in [5.41, 5.74) is 5.17. The van der Waals surface area contributed by atoms with Gasteiger partial charge in [-0.2, -0.15) is 0 Å². The molecule has 45 heavy (non-hydrogen) atoms. The largest absolute Gasteiger partial charge is 0.508 e. The Bertz CT molecular complexity index is 1090. The number of ether oxygens (including phenoxy) is 2. The molecule has 3 aromatic heterocycles.